The van der Waals surface area contributed by atoms with Crippen LogP contribution in [0, 0.1) is 17.5 Å². The Bertz CT molecular complexity index is 709. The predicted octanol–water partition coefficient (Wildman–Crippen LogP) is 4.05. The molecule has 0 atom stereocenters. The summed E-state index contributed by atoms with van der Waals surface area (Å²) in [4.78, 5) is 11.3. The number of halogens is 3. The van der Waals surface area contributed by atoms with Crippen LogP contribution in [-0.2, 0) is 0 Å². The van der Waals surface area contributed by atoms with E-state index in [0.29, 0.717) is 16.7 Å². The van der Waals surface area contributed by atoms with Crippen molar-refractivity contribution in [3.63, 3.8) is 0 Å². The molecule has 0 unspecified atom stereocenters. The summed E-state index contributed by atoms with van der Waals surface area (Å²) < 4.78 is 53.8. The van der Waals surface area contributed by atoms with Gasteiger partial charge in [-0.1, -0.05) is 12.1 Å². The summed E-state index contributed by atoms with van der Waals surface area (Å²) in [5.41, 5.74) is -0.200. The summed E-state index contributed by atoms with van der Waals surface area (Å²) >= 11 is 0.853. The van der Waals surface area contributed by atoms with Crippen molar-refractivity contribution < 1.29 is 27.4 Å². The molecule has 0 aliphatic carbocycles. The van der Waals surface area contributed by atoms with Gasteiger partial charge in [0.15, 0.2) is 23.1 Å². The van der Waals surface area contributed by atoms with E-state index in [1.54, 1.807) is 18.2 Å². The van der Waals surface area contributed by atoms with Crippen molar-refractivity contribution in [2.45, 2.75) is 4.90 Å². The number of rotatable bonds is 6. The second-order valence-corrected chi connectivity index (χ2v) is 5.16. The van der Waals surface area contributed by atoms with Crippen molar-refractivity contribution in [3.05, 3.63) is 47.3 Å². The molecule has 2 aromatic carbocycles. The first kappa shape index (κ1) is 17.0. The zero-order valence-corrected chi connectivity index (χ0v) is 13.0. The number of anilines is 1. The molecule has 23 heavy (non-hydrogen) atoms. The van der Waals surface area contributed by atoms with Gasteiger partial charge in [-0.05, 0) is 24.1 Å². The summed E-state index contributed by atoms with van der Waals surface area (Å²) in [6.07, 6.45) is 0.648. The number of aldehydes is 1. The summed E-state index contributed by atoms with van der Waals surface area (Å²) in [6, 6.07) is 6.37. The number of carbonyl (C=O) groups excluding carboxylic acids is 1. The second-order valence-electron chi connectivity index (χ2n) is 4.28. The molecule has 1 N–H and O–H groups in total. The van der Waals surface area contributed by atoms with Crippen LogP contribution in [0.5, 0.6) is 11.5 Å². The molecule has 0 aromatic heterocycles. The van der Waals surface area contributed by atoms with Gasteiger partial charge in [-0.2, -0.15) is 4.39 Å². The van der Waals surface area contributed by atoms with Gasteiger partial charge in [0, 0.05) is 10.5 Å². The lowest BCUT2D eigenvalue weighted by Crippen LogP contribution is -2.05. The normalized spacial score (nSPS) is 10.3. The lowest BCUT2D eigenvalue weighted by molar-refractivity contribution is 0.112. The molecule has 2 rings (SSSR count). The topological polar surface area (TPSA) is 47.6 Å². The van der Waals surface area contributed by atoms with Crippen molar-refractivity contribution in [2.24, 2.45) is 0 Å². The third-order valence-electron chi connectivity index (χ3n) is 2.91. The highest BCUT2D eigenvalue weighted by atomic mass is 32.2. The largest absolute Gasteiger partial charge is 0.491 e. The van der Waals surface area contributed by atoms with Crippen LogP contribution in [0.2, 0.25) is 0 Å². The maximum absolute atomic E-state index is 14.2. The van der Waals surface area contributed by atoms with Crippen molar-refractivity contribution in [2.75, 3.05) is 18.9 Å². The van der Waals surface area contributed by atoms with E-state index in [1.807, 2.05) is 0 Å². The van der Waals surface area contributed by atoms with E-state index in [1.165, 1.54) is 6.07 Å². The van der Waals surface area contributed by atoms with Crippen LogP contribution in [0.4, 0.5) is 18.9 Å². The van der Waals surface area contributed by atoms with Crippen LogP contribution in [0.3, 0.4) is 0 Å². The summed E-state index contributed by atoms with van der Waals surface area (Å²) in [6.45, 7) is 0. The van der Waals surface area contributed by atoms with Gasteiger partial charge in [0.05, 0.1) is 14.2 Å². The van der Waals surface area contributed by atoms with Crippen LogP contribution in [-0.4, -0.2) is 20.5 Å². The molecule has 0 bridgehead atoms. The Morgan fingerprint density at radius 2 is 1.65 bits per heavy atom. The number of hydrogen-bond acceptors (Lipinski definition) is 5. The highest BCUT2D eigenvalue weighted by molar-refractivity contribution is 8.00. The average Bonchev–Trinajstić information content (AvgIpc) is 2.55. The van der Waals surface area contributed by atoms with Gasteiger partial charge in [-0.25, -0.2) is 8.78 Å². The Kier molecular flexibility index (Phi) is 5.38. The molecule has 0 amide bonds. The van der Waals surface area contributed by atoms with E-state index in [9.17, 15) is 18.0 Å². The van der Waals surface area contributed by atoms with Crippen LogP contribution >= 0.6 is 11.9 Å². The van der Waals surface area contributed by atoms with E-state index in [0.717, 1.165) is 26.2 Å². The molecule has 0 aliphatic rings. The highest BCUT2D eigenvalue weighted by Crippen LogP contribution is 2.40. The first-order valence-corrected chi connectivity index (χ1v) is 7.11. The molecular weight excluding hydrogens is 331 g/mol. The van der Waals surface area contributed by atoms with Gasteiger partial charge in [-0.15, -0.1) is 0 Å². The molecule has 4 nitrogen and oxygen atoms in total. The smallest absolute Gasteiger partial charge is 0.213 e. The van der Waals surface area contributed by atoms with Crippen molar-refractivity contribution in [1.82, 2.24) is 0 Å². The number of ether oxygens (including phenoxy) is 2. The van der Waals surface area contributed by atoms with Crippen LogP contribution in [0.1, 0.15) is 10.4 Å². The van der Waals surface area contributed by atoms with Gasteiger partial charge in [0.2, 0.25) is 5.82 Å². The van der Waals surface area contributed by atoms with Gasteiger partial charge in [0.1, 0.15) is 12.0 Å². The number of carbonyl (C=O) groups is 1. The van der Waals surface area contributed by atoms with E-state index >= 15 is 0 Å². The third kappa shape index (κ3) is 3.37. The van der Waals surface area contributed by atoms with Gasteiger partial charge in [0.25, 0.3) is 0 Å². The van der Waals surface area contributed by atoms with E-state index < -0.39 is 34.6 Å². The number of methoxy groups -OCH3 is 2. The fourth-order valence-corrected chi connectivity index (χ4v) is 2.57. The summed E-state index contributed by atoms with van der Waals surface area (Å²) in [7, 11) is 2.12. The minimum atomic E-state index is -1.26. The zero-order chi connectivity index (χ0) is 17.0. The maximum atomic E-state index is 14.2. The molecule has 0 radical (unpaired) electrons. The zero-order valence-electron chi connectivity index (χ0n) is 12.2. The van der Waals surface area contributed by atoms with E-state index in [-0.39, 0.29) is 0 Å². The lowest BCUT2D eigenvalue weighted by atomic mass is 10.2. The minimum absolute atomic E-state index is 0.409. The Balaban J connectivity index is 2.37. The highest BCUT2D eigenvalue weighted by Gasteiger charge is 2.26. The molecule has 0 fully saturated rings. The van der Waals surface area contributed by atoms with Crippen molar-refractivity contribution in [1.29, 1.82) is 0 Å². The number of nitrogens with one attached hydrogen (secondary N) is 1. The van der Waals surface area contributed by atoms with Gasteiger partial charge in [-0.3, -0.25) is 4.79 Å². The van der Waals surface area contributed by atoms with Gasteiger partial charge < -0.3 is 14.2 Å². The lowest BCUT2D eigenvalue weighted by Gasteiger charge is -2.14. The Labute approximate surface area is 134 Å². The fourth-order valence-electron chi connectivity index (χ4n) is 1.83. The number of hydrogen-bond donors (Lipinski definition) is 1. The second kappa shape index (κ2) is 7.28. The standard InChI is InChI=1S/C15H12F3NO3S/c1-21-14-10(16)13(11(17)15(22-2)12(14)18)19-23-9-5-3-4-8(6-9)7-20/h3-7,19H,1-2H3. The SMILES string of the molecule is COc1c(F)c(NSc2cccc(C=O)c2)c(F)c(OC)c1F. The molecule has 0 heterocycles. The Hall–Kier alpha value is -2.35. The van der Waals surface area contributed by atoms with E-state index in [4.69, 9.17) is 0 Å². The van der Waals surface area contributed by atoms with Crippen molar-refractivity contribution in [3.8, 4) is 11.5 Å². The molecule has 2 aromatic rings. The quantitative estimate of drug-likeness (QED) is 0.633. The minimum Gasteiger partial charge on any atom is -0.491 e. The Morgan fingerprint density at radius 3 is 2.17 bits per heavy atom. The van der Waals surface area contributed by atoms with E-state index in [2.05, 4.69) is 14.2 Å². The molecule has 0 saturated carbocycles. The number of benzene rings is 2. The van der Waals surface area contributed by atoms with Crippen LogP contribution in [0.15, 0.2) is 29.2 Å². The fraction of sp³-hybridized carbons (Fsp3) is 0.133. The first-order chi connectivity index (χ1) is 11.0. The molecular formula is C15H12F3NO3S. The molecule has 0 spiro atoms. The molecule has 8 heteroatoms. The molecule has 0 saturated heterocycles. The van der Waals surface area contributed by atoms with Crippen molar-refractivity contribution >= 4 is 23.9 Å². The van der Waals surface area contributed by atoms with Crippen LogP contribution in [0.25, 0.3) is 0 Å². The van der Waals surface area contributed by atoms with Crippen LogP contribution < -0.4 is 14.2 Å². The first-order valence-electron chi connectivity index (χ1n) is 6.30. The average molecular weight is 343 g/mol. The molecule has 122 valence electrons. The third-order valence-corrected chi connectivity index (χ3v) is 3.71. The predicted molar refractivity (Wildman–Crippen MR) is 80.7 cm³/mol. The summed E-state index contributed by atoms with van der Waals surface area (Å²) in [5, 5.41) is 0. The maximum Gasteiger partial charge on any atom is 0.213 e. The summed E-state index contributed by atoms with van der Waals surface area (Å²) in [5.74, 6) is -5.21. The monoisotopic (exact) mass is 343 g/mol. The van der Waals surface area contributed by atoms with Gasteiger partial charge >= 0.3 is 0 Å². The molecule has 0 aliphatic heterocycles. The Morgan fingerprint density at radius 1 is 1.04 bits per heavy atom.